The zero-order valence-electron chi connectivity index (χ0n) is 12.4. The van der Waals surface area contributed by atoms with Crippen LogP contribution in [-0.4, -0.2) is 14.9 Å². The third kappa shape index (κ3) is 3.64. The van der Waals surface area contributed by atoms with E-state index in [1.807, 2.05) is 0 Å². The van der Waals surface area contributed by atoms with Crippen LogP contribution in [0.2, 0.25) is 0 Å². The molecular weight excluding hydrogens is 333 g/mol. The van der Waals surface area contributed by atoms with E-state index in [-0.39, 0.29) is 11.5 Å². The van der Waals surface area contributed by atoms with Gasteiger partial charge in [0.2, 0.25) is 11.8 Å². The van der Waals surface area contributed by atoms with Crippen LogP contribution in [0.5, 0.6) is 23.3 Å². The first kappa shape index (κ1) is 15.8. The molecule has 1 aromatic heterocycles. The van der Waals surface area contributed by atoms with Crippen molar-refractivity contribution >= 4 is 7.82 Å². The van der Waals surface area contributed by atoms with Gasteiger partial charge in [-0.2, -0.15) is 4.57 Å². The summed E-state index contributed by atoms with van der Waals surface area (Å²) >= 11 is 0. The summed E-state index contributed by atoms with van der Waals surface area (Å²) in [6.07, 6.45) is 0. The van der Waals surface area contributed by atoms with Crippen molar-refractivity contribution in [3.05, 3.63) is 72.8 Å². The molecule has 0 radical (unpaired) electrons. The summed E-state index contributed by atoms with van der Waals surface area (Å²) in [5.41, 5.74) is 0. The van der Waals surface area contributed by atoms with E-state index in [1.165, 1.54) is 12.1 Å². The standard InChI is InChI=1S/C16H14NO6P/c18-15-11-12-16(19)17(15)23-24(20,21-13-7-3-1-4-8-13)22-14-9-5-2-6-10-14/h1-12,18-19H. The van der Waals surface area contributed by atoms with E-state index < -0.39 is 19.6 Å². The largest absolute Gasteiger partial charge is 0.666 e. The van der Waals surface area contributed by atoms with Crippen LogP contribution in [0.4, 0.5) is 0 Å². The fraction of sp³-hybridized carbons (Fsp3) is 0. The van der Waals surface area contributed by atoms with Crippen molar-refractivity contribution < 1.29 is 28.5 Å². The van der Waals surface area contributed by atoms with Crippen LogP contribution in [0.15, 0.2) is 72.8 Å². The number of aromatic hydroxyl groups is 2. The molecular formula is C16H14NO6P. The molecule has 2 N–H and O–H groups in total. The quantitative estimate of drug-likeness (QED) is 0.662. The van der Waals surface area contributed by atoms with Crippen LogP contribution < -0.4 is 13.7 Å². The first-order valence-corrected chi connectivity index (χ1v) is 8.41. The van der Waals surface area contributed by atoms with E-state index in [2.05, 4.69) is 0 Å². The second-order valence-electron chi connectivity index (χ2n) is 4.68. The van der Waals surface area contributed by atoms with E-state index in [9.17, 15) is 14.8 Å². The number of phosphoric acid groups is 1. The Kier molecular flexibility index (Phi) is 4.35. The molecule has 0 fully saturated rings. The van der Waals surface area contributed by atoms with Crippen LogP contribution in [0.3, 0.4) is 0 Å². The third-order valence-corrected chi connectivity index (χ3v) is 4.13. The maximum absolute atomic E-state index is 13.0. The predicted octanol–water partition coefficient (Wildman–Crippen LogP) is 3.59. The Labute approximate surface area is 137 Å². The van der Waals surface area contributed by atoms with Crippen molar-refractivity contribution in [3.8, 4) is 23.3 Å². The summed E-state index contributed by atoms with van der Waals surface area (Å²) < 4.78 is 29.4. The highest BCUT2D eigenvalue weighted by Crippen LogP contribution is 2.47. The molecule has 0 aliphatic carbocycles. The monoisotopic (exact) mass is 347 g/mol. The van der Waals surface area contributed by atoms with E-state index in [1.54, 1.807) is 60.7 Å². The van der Waals surface area contributed by atoms with Gasteiger partial charge in [0.1, 0.15) is 11.5 Å². The molecule has 124 valence electrons. The van der Waals surface area contributed by atoms with Gasteiger partial charge in [-0.05, 0) is 24.3 Å². The third-order valence-electron chi connectivity index (χ3n) is 2.90. The van der Waals surface area contributed by atoms with Crippen LogP contribution in [-0.2, 0) is 4.57 Å². The molecule has 0 spiro atoms. The minimum atomic E-state index is -4.26. The van der Waals surface area contributed by atoms with Crippen molar-refractivity contribution in [1.82, 2.24) is 4.73 Å². The molecule has 7 nitrogen and oxygen atoms in total. The average Bonchev–Trinajstić information content (AvgIpc) is 2.88. The molecule has 0 saturated heterocycles. The molecule has 0 saturated carbocycles. The summed E-state index contributed by atoms with van der Waals surface area (Å²) in [5, 5.41) is 19.3. The van der Waals surface area contributed by atoms with Gasteiger partial charge < -0.3 is 19.3 Å². The van der Waals surface area contributed by atoms with Gasteiger partial charge in [0, 0.05) is 12.1 Å². The molecule has 3 aromatic rings. The number of aromatic nitrogens is 1. The number of hydrogen-bond acceptors (Lipinski definition) is 6. The van der Waals surface area contributed by atoms with Crippen molar-refractivity contribution in [2.45, 2.75) is 0 Å². The van der Waals surface area contributed by atoms with Crippen molar-refractivity contribution in [1.29, 1.82) is 0 Å². The van der Waals surface area contributed by atoms with E-state index in [4.69, 9.17) is 13.7 Å². The fourth-order valence-electron chi connectivity index (χ4n) is 1.86. The van der Waals surface area contributed by atoms with Crippen molar-refractivity contribution in [2.24, 2.45) is 0 Å². The lowest BCUT2D eigenvalue weighted by molar-refractivity contribution is 0.149. The highest BCUT2D eigenvalue weighted by atomic mass is 31.2. The summed E-state index contributed by atoms with van der Waals surface area (Å²) in [6, 6.07) is 18.9. The highest BCUT2D eigenvalue weighted by molar-refractivity contribution is 7.49. The van der Waals surface area contributed by atoms with Crippen LogP contribution >= 0.6 is 7.82 Å². The van der Waals surface area contributed by atoms with E-state index in [0.29, 0.717) is 4.73 Å². The van der Waals surface area contributed by atoms with Crippen molar-refractivity contribution in [3.63, 3.8) is 0 Å². The smallest absolute Gasteiger partial charge is 0.492 e. The Morgan fingerprint density at radius 1 is 0.708 bits per heavy atom. The summed E-state index contributed by atoms with van der Waals surface area (Å²) in [5.74, 6) is -0.437. The van der Waals surface area contributed by atoms with Gasteiger partial charge >= 0.3 is 7.82 Å². The Balaban J connectivity index is 1.92. The summed E-state index contributed by atoms with van der Waals surface area (Å²) in [6.45, 7) is 0. The second kappa shape index (κ2) is 6.60. The SMILES string of the molecule is O=P(Oc1ccccc1)(Oc1ccccc1)On1c(O)ccc1O. The molecule has 3 rings (SSSR count). The minimum Gasteiger partial charge on any atom is -0.492 e. The number of benzene rings is 2. The number of rotatable bonds is 6. The summed E-state index contributed by atoms with van der Waals surface area (Å²) in [7, 11) is -4.26. The molecule has 0 aliphatic heterocycles. The number of hydrogen-bond donors (Lipinski definition) is 2. The molecule has 0 aliphatic rings. The molecule has 0 unspecified atom stereocenters. The Morgan fingerprint density at radius 3 is 1.54 bits per heavy atom. The van der Waals surface area contributed by atoms with Crippen LogP contribution in [0.25, 0.3) is 0 Å². The Bertz CT molecular complexity index is 785. The Morgan fingerprint density at radius 2 is 1.12 bits per heavy atom. The molecule has 0 amide bonds. The molecule has 1 heterocycles. The first-order chi connectivity index (χ1) is 11.6. The topological polar surface area (TPSA) is 90.2 Å². The first-order valence-electron chi connectivity index (χ1n) is 6.95. The number of phosphoric ester groups is 1. The normalized spacial score (nSPS) is 11.0. The lowest BCUT2D eigenvalue weighted by atomic mass is 10.3. The van der Waals surface area contributed by atoms with Gasteiger partial charge in [0.25, 0.3) is 0 Å². The average molecular weight is 347 g/mol. The second-order valence-corrected chi connectivity index (χ2v) is 6.10. The van der Waals surface area contributed by atoms with E-state index in [0.717, 1.165) is 0 Å². The van der Waals surface area contributed by atoms with Gasteiger partial charge in [0.05, 0.1) is 0 Å². The lowest BCUT2D eigenvalue weighted by Crippen LogP contribution is -2.15. The van der Waals surface area contributed by atoms with Gasteiger partial charge in [-0.1, -0.05) is 36.4 Å². The van der Waals surface area contributed by atoms with Gasteiger partial charge in [-0.25, -0.2) is 0 Å². The summed E-state index contributed by atoms with van der Waals surface area (Å²) in [4.78, 5) is 0. The molecule has 0 atom stereocenters. The zero-order valence-corrected chi connectivity index (χ0v) is 13.2. The lowest BCUT2D eigenvalue weighted by Gasteiger charge is -2.19. The molecule has 24 heavy (non-hydrogen) atoms. The fourth-order valence-corrected chi connectivity index (χ4v) is 3.09. The van der Waals surface area contributed by atoms with Gasteiger partial charge in [0.15, 0.2) is 0 Å². The van der Waals surface area contributed by atoms with E-state index >= 15 is 0 Å². The molecule has 2 aromatic carbocycles. The predicted molar refractivity (Wildman–Crippen MR) is 86.1 cm³/mol. The van der Waals surface area contributed by atoms with Crippen molar-refractivity contribution in [2.75, 3.05) is 0 Å². The highest BCUT2D eigenvalue weighted by Gasteiger charge is 2.35. The zero-order chi connectivity index (χ0) is 17.0. The molecule has 0 bridgehead atoms. The minimum absolute atomic E-state index is 0.239. The molecule has 8 heteroatoms. The Hall–Kier alpha value is -3.05. The maximum Gasteiger partial charge on any atom is 0.666 e. The van der Waals surface area contributed by atoms with Gasteiger partial charge in [-0.15, -0.1) is 4.73 Å². The number of nitrogens with zero attached hydrogens (tertiary/aromatic N) is 1. The van der Waals surface area contributed by atoms with Crippen LogP contribution in [0, 0.1) is 0 Å². The van der Waals surface area contributed by atoms with Crippen LogP contribution in [0.1, 0.15) is 0 Å². The maximum atomic E-state index is 13.0. The number of para-hydroxylation sites is 2. The van der Waals surface area contributed by atoms with Gasteiger partial charge in [-0.3, -0.25) is 4.62 Å².